The van der Waals surface area contributed by atoms with Gasteiger partial charge in [0.15, 0.2) is 0 Å². The number of ether oxygens (including phenoxy) is 2. The highest BCUT2D eigenvalue weighted by molar-refractivity contribution is 5.37. The van der Waals surface area contributed by atoms with Crippen molar-refractivity contribution >= 4 is 0 Å². The van der Waals surface area contributed by atoms with Crippen molar-refractivity contribution in [2.75, 3.05) is 20.8 Å². The Hall–Kier alpha value is -1.10. The fraction of sp³-hybridized carbons (Fsp3) is 0.625. The molecule has 0 amide bonds. The van der Waals surface area contributed by atoms with E-state index < -0.39 is 6.10 Å². The summed E-state index contributed by atoms with van der Waals surface area (Å²) in [4.78, 5) is 0. The van der Waals surface area contributed by atoms with Crippen molar-refractivity contribution in [3.05, 3.63) is 29.8 Å². The first kappa shape index (κ1) is 15.3. The molecule has 4 nitrogen and oxygen atoms in total. The average molecular weight is 279 g/mol. The number of aliphatic hydroxyl groups is 1. The van der Waals surface area contributed by atoms with Gasteiger partial charge in [-0.25, -0.2) is 0 Å². The van der Waals surface area contributed by atoms with E-state index >= 15 is 0 Å². The number of aliphatic hydroxyl groups excluding tert-OH is 1. The second-order valence-electron chi connectivity index (χ2n) is 5.60. The Bertz CT molecular complexity index is 426. The minimum atomic E-state index is -0.517. The minimum Gasteiger partial charge on any atom is -0.496 e. The lowest BCUT2D eigenvalue weighted by Crippen LogP contribution is -2.44. The van der Waals surface area contributed by atoms with E-state index in [0.29, 0.717) is 13.0 Å². The molecule has 1 fully saturated rings. The summed E-state index contributed by atoms with van der Waals surface area (Å²) in [5, 5.41) is 10.6. The Morgan fingerprint density at radius 3 is 2.50 bits per heavy atom. The number of nitrogens with two attached hydrogens (primary N) is 1. The lowest BCUT2D eigenvalue weighted by Gasteiger charge is -2.43. The summed E-state index contributed by atoms with van der Waals surface area (Å²) in [6.07, 6.45) is 3.32. The monoisotopic (exact) mass is 279 g/mol. The van der Waals surface area contributed by atoms with Crippen molar-refractivity contribution in [3.63, 3.8) is 0 Å². The number of benzene rings is 1. The van der Waals surface area contributed by atoms with Crippen LogP contribution < -0.4 is 10.5 Å². The fourth-order valence-electron chi connectivity index (χ4n) is 3.05. The highest BCUT2D eigenvalue weighted by Crippen LogP contribution is 2.41. The van der Waals surface area contributed by atoms with Crippen LogP contribution in [-0.4, -0.2) is 37.6 Å². The molecule has 1 saturated carbocycles. The predicted molar refractivity (Wildman–Crippen MR) is 79.0 cm³/mol. The van der Waals surface area contributed by atoms with E-state index in [4.69, 9.17) is 15.2 Å². The van der Waals surface area contributed by atoms with E-state index in [0.717, 1.165) is 24.2 Å². The summed E-state index contributed by atoms with van der Waals surface area (Å²) in [7, 11) is 3.37. The van der Waals surface area contributed by atoms with Gasteiger partial charge in [-0.05, 0) is 25.3 Å². The molecule has 112 valence electrons. The van der Waals surface area contributed by atoms with Gasteiger partial charge in [-0.15, -0.1) is 0 Å². The van der Waals surface area contributed by atoms with Crippen LogP contribution in [0.4, 0.5) is 0 Å². The van der Waals surface area contributed by atoms with Crippen LogP contribution in [0.3, 0.4) is 0 Å². The molecule has 1 aliphatic rings. The highest BCUT2D eigenvalue weighted by Gasteiger charge is 2.40. The van der Waals surface area contributed by atoms with E-state index in [9.17, 15) is 5.11 Å². The molecule has 1 aromatic carbocycles. The van der Waals surface area contributed by atoms with Gasteiger partial charge >= 0.3 is 0 Å². The normalized spacial score (nSPS) is 20.0. The number of hydrogen-bond acceptors (Lipinski definition) is 4. The predicted octanol–water partition coefficient (Wildman–Crippen LogP) is 2.06. The maximum Gasteiger partial charge on any atom is 0.122 e. The Morgan fingerprint density at radius 2 is 2.00 bits per heavy atom. The summed E-state index contributed by atoms with van der Waals surface area (Å²) in [5.41, 5.74) is 6.70. The second-order valence-corrected chi connectivity index (χ2v) is 5.60. The van der Waals surface area contributed by atoms with E-state index in [-0.39, 0.29) is 11.5 Å². The van der Waals surface area contributed by atoms with Gasteiger partial charge in [-0.2, -0.15) is 0 Å². The minimum absolute atomic E-state index is 0.126. The summed E-state index contributed by atoms with van der Waals surface area (Å²) >= 11 is 0. The molecule has 2 rings (SSSR count). The molecule has 0 spiro atoms. The summed E-state index contributed by atoms with van der Waals surface area (Å²) < 4.78 is 11.0. The van der Waals surface area contributed by atoms with Crippen LogP contribution in [0.2, 0.25) is 0 Å². The van der Waals surface area contributed by atoms with Gasteiger partial charge in [0.25, 0.3) is 0 Å². The van der Waals surface area contributed by atoms with E-state index in [1.807, 2.05) is 24.3 Å². The molecule has 2 atom stereocenters. The van der Waals surface area contributed by atoms with Gasteiger partial charge in [-0.3, -0.25) is 0 Å². The molecule has 20 heavy (non-hydrogen) atoms. The topological polar surface area (TPSA) is 64.7 Å². The first-order valence-corrected chi connectivity index (χ1v) is 7.22. The molecule has 2 unspecified atom stereocenters. The Kier molecular flexibility index (Phi) is 5.02. The first-order valence-electron chi connectivity index (χ1n) is 7.22. The van der Waals surface area contributed by atoms with E-state index in [1.54, 1.807) is 14.2 Å². The number of methoxy groups -OCH3 is 2. The van der Waals surface area contributed by atoms with Crippen molar-refractivity contribution in [1.29, 1.82) is 0 Å². The lowest BCUT2D eigenvalue weighted by molar-refractivity contribution is -0.102. The summed E-state index contributed by atoms with van der Waals surface area (Å²) in [5.74, 6) is 0.654. The van der Waals surface area contributed by atoms with Crippen molar-refractivity contribution in [2.24, 2.45) is 5.73 Å². The smallest absolute Gasteiger partial charge is 0.122 e. The lowest BCUT2D eigenvalue weighted by atomic mass is 9.73. The quantitative estimate of drug-likeness (QED) is 0.802. The van der Waals surface area contributed by atoms with Crippen molar-refractivity contribution in [3.8, 4) is 5.75 Å². The second kappa shape index (κ2) is 6.57. The van der Waals surface area contributed by atoms with Crippen molar-refractivity contribution in [2.45, 2.75) is 43.3 Å². The van der Waals surface area contributed by atoms with Crippen LogP contribution >= 0.6 is 0 Å². The zero-order valence-corrected chi connectivity index (χ0v) is 12.3. The third kappa shape index (κ3) is 2.97. The summed E-state index contributed by atoms with van der Waals surface area (Å²) in [6, 6.07) is 7.74. The fourth-order valence-corrected chi connectivity index (χ4v) is 3.05. The van der Waals surface area contributed by atoms with Gasteiger partial charge in [0.05, 0.1) is 18.8 Å². The third-order valence-electron chi connectivity index (χ3n) is 4.54. The maximum atomic E-state index is 10.6. The molecule has 3 N–H and O–H groups in total. The Morgan fingerprint density at radius 1 is 1.30 bits per heavy atom. The van der Waals surface area contributed by atoms with Crippen LogP contribution in [0.1, 0.15) is 37.2 Å². The van der Waals surface area contributed by atoms with Crippen LogP contribution in [-0.2, 0) is 4.74 Å². The van der Waals surface area contributed by atoms with Gasteiger partial charge in [-0.1, -0.05) is 18.2 Å². The molecule has 0 radical (unpaired) electrons. The van der Waals surface area contributed by atoms with Crippen LogP contribution in [0.15, 0.2) is 24.3 Å². The van der Waals surface area contributed by atoms with E-state index in [2.05, 4.69) is 0 Å². The molecule has 0 aliphatic heterocycles. The molecule has 0 bridgehead atoms. The molecule has 1 aromatic rings. The zero-order chi connectivity index (χ0) is 14.6. The largest absolute Gasteiger partial charge is 0.496 e. The van der Waals surface area contributed by atoms with Crippen LogP contribution in [0, 0.1) is 0 Å². The maximum absolute atomic E-state index is 10.6. The third-order valence-corrected chi connectivity index (χ3v) is 4.54. The van der Waals surface area contributed by atoms with Crippen LogP contribution in [0.5, 0.6) is 5.75 Å². The van der Waals surface area contributed by atoms with Gasteiger partial charge in [0.1, 0.15) is 5.75 Å². The molecule has 0 heterocycles. The molecule has 0 saturated heterocycles. The average Bonchev–Trinajstić information content (AvgIpc) is 2.44. The van der Waals surface area contributed by atoms with Gasteiger partial charge in [0, 0.05) is 31.6 Å². The molecular weight excluding hydrogens is 254 g/mol. The molecule has 1 aliphatic carbocycles. The highest BCUT2D eigenvalue weighted by atomic mass is 16.5. The van der Waals surface area contributed by atoms with Crippen molar-refractivity contribution in [1.82, 2.24) is 0 Å². The Labute approximate surface area is 120 Å². The van der Waals surface area contributed by atoms with Gasteiger partial charge in [0.2, 0.25) is 0 Å². The van der Waals surface area contributed by atoms with E-state index in [1.165, 1.54) is 6.42 Å². The molecular formula is C16H25NO3. The number of hydrogen-bond donors (Lipinski definition) is 2. The SMILES string of the molecule is COc1ccccc1C(CN)C(O)CC1(OC)CCC1. The number of para-hydroxylation sites is 1. The standard InChI is InChI=1S/C16H25NO3/c1-19-15-7-4-3-6-12(15)13(11-17)14(18)10-16(20-2)8-5-9-16/h3-4,6-7,13-14,18H,5,8-11,17H2,1-2H3. The Balaban J connectivity index is 2.14. The number of rotatable bonds is 7. The summed E-state index contributed by atoms with van der Waals surface area (Å²) in [6.45, 7) is 0.390. The van der Waals surface area contributed by atoms with Crippen LogP contribution in [0.25, 0.3) is 0 Å². The van der Waals surface area contributed by atoms with Crippen molar-refractivity contribution < 1.29 is 14.6 Å². The zero-order valence-electron chi connectivity index (χ0n) is 12.3. The first-order chi connectivity index (χ1) is 9.65. The molecule has 4 heteroatoms. The van der Waals surface area contributed by atoms with Gasteiger partial charge < -0.3 is 20.3 Å². The molecule has 0 aromatic heterocycles.